The second-order valence-electron chi connectivity index (χ2n) is 6.40. The van der Waals surface area contributed by atoms with E-state index in [0.717, 1.165) is 37.1 Å². The number of nitrogens with one attached hydrogen (secondary N) is 1. The molecule has 0 aromatic carbocycles. The summed E-state index contributed by atoms with van der Waals surface area (Å²) in [5.74, 6) is 0.769. The first-order valence-corrected chi connectivity index (χ1v) is 9.42. The summed E-state index contributed by atoms with van der Waals surface area (Å²) in [5, 5.41) is 3.00. The van der Waals surface area contributed by atoms with E-state index in [0.29, 0.717) is 12.6 Å². The fraction of sp³-hybridized carbons (Fsp3) is 0.647. The van der Waals surface area contributed by atoms with Gasteiger partial charge in [0.05, 0.1) is 25.1 Å². The lowest BCUT2D eigenvalue weighted by Gasteiger charge is -2.33. The molecule has 1 aromatic heterocycles. The maximum atomic E-state index is 12.4. The van der Waals surface area contributed by atoms with Gasteiger partial charge in [-0.05, 0) is 25.3 Å². The van der Waals surface area contributed by atoms with Crippen LogP contribution in [-0.2, 0) is 16.1 Å². The average molecular weight is 336 g/mol. The van der Waals surface area contributed by atoms with Crippen LogP contribution in [0, 0.1) is 0 Å². The number of amides is 1. The van der Waals surface area contributed by atoms with Gasteiger partial charge in [0.25, 0.3) is 0 Å². The minimum Gasteiger partial charge on any atom is -0.472 e. The van der Waals surface area contributed by atoms with Crippen LogP contribution in [-0.4, -0.2) is 40.3 Å². The summed E-state index contributed by atoms with van der Waals surface area (Å²) < 4.78 is 5.15. The summed E-state index contributed by atoms with van der Waals surface area (Å²) in [7, 11) is 0. The number of furan rings is 1. The van der Waals surface area contributed by atoms with Gasteiger partial charge in [0.2, 0.25) is 11.0 Å². The fourth-order valence-corrected chi connectivity index (χ4v) is 4.36. The molecule has 0 bridgehead atoms. The van der Waals surface area contributed by atoms with E-state index in [2.05, 4.69) is 10.2 Å². The molecule has 0 unspecified atom stereocenters. The third-order valence-electron chi connectivity index (χ3n) is 4.67. The van der Waals surface area contributed by atoms with Gasteiger partial charge in [-0.25, -0.2) is 0 Å². The van der Waals surface area contributed by atoms with Crippen molar-refractivity contribution in [2.75, 3.05) is 12.3 Å². The molecule has 1 saturated carbocycles. The van der Waals surface area contributed by atoms with Crippen molar-refractivity contribution < 1.29 is 14.0 Å². The van der Waals surface area contributed by atoms with Gasteiger partial charge in [-0.15, -0.1) is 0 Å². The SMILES string of the molecule is O=C(CN(Cc1ccoc1)C1CCCCC1)N[C@@H]1CCSC1=O. The van der Waals surface area contributed by atoms with Crippen molar-refractivity contribution in [2.45, 2.75) is 57.2 Å². The Kier molecular flexibility index (Phi) is 5.78. The maximum Gasteiger partial charge on any atom is 0.234 e. The summed E-state index contributed by atoms with van der Waals surface area (Å²) in [4.78, 5) is 26.3. The largest absolute Gasteiger partial charge is 0.472 e. The molecule has 2 aliphatic rings. The highest BCUT2D eigenvalue weighted by atomic mass is 32.2. The van der Waals surface area contributed by atoms with Gasteiger partial charge in [-0.1, -0.05) is 31.0 Å². The van der Waals surface area contributed by atoms with Crippen LogP contribution in [0.1, 0.15) is 44.1 Å². The van der Waals surface area contributed by atoms with Crippen LogP contribution in [0.4, 0.5) is 0 Å². The second-order valence-corrected chi connectivity index (χ2v) is 7.50. The highest BCUT2D eigenvalue weighted by molar-refractivity contribution is 8.14. The Morgan fingerprint density at radius 3 is 2.78 bits per heavy atom. The first-order chi connectivity index (χ1) is 11.2. The topological polar surface area (TPSA) is 62.6 Å². The van der Waals surface area contributed by atoms with Crippen molar-refractivity contribution in [3.8, 4) is 0 Å². The highest BCUT2D eigenvalue weighted by Crippen LogP contribution is 2.24. The number of carbonyl (C=O) groups excluding carboxylic acids is 2. The molecule has 2 fully saturated rings. The predicted octanol–water partition coefficient (Wildman–Crippen LogP) is 2.56. The Morgan fingerprint density at radius 1 is 1.30 bits per heavy atom. The maximum absolute atomic E-state index is 12.4. The molecule has 1 aromatic rings. The van der Waals surface area contributed by atoms with E-state index in [1.807, 2.05) is 6.07 Å². The van der Waals surface area contributed by atoms with Crippen LogP contribution in [0.5, 0.6) is 0 Å². The fourth-order valence-electron chi connectivity index (χ4n) is 3.43. The Hall–Kier alpha value is -1.27. The van der Waals surface area contributed by atoms with Crippen LogP contribution in [0.2, 0.25) is 0 Å². The average Bonchev–Trinajstić information content (AvgIpc) is 3.20. The number of hydrogen-bond donors (Lipinski definition) is 1. The van der Waals surface area contributed by atoms with Crippen molar-refractivity contribution in [1.82, 2.24) is 10.2 Å². The zero-order valence-corrected chi connectivity index (χ0v) is 14.1. The lowest BCUT2D eigenvalue weighted by Crippen LogP contribution is -2.46. The summed E-state index contributed by atoms with van der Waals surface area (Å²) >= 11 is 1.32. The summed E-state index contributed by atoms with van der Waals surface area (Å²) in [5.41, 5.74) is 1.09. The van der Waals surface area contributed by atoms with Crippen LogP contribution in [0.15, 0.2) is 23.0 Å². The standard InChI is InChI=1S/C17H24N2O3S/c20-16(18-15-7-9-23-17(15)21)11-19(10-13-6-8-22-12-13)14-4-2-1-3-5-14/h6,8,12,14-15H,1-5,7,9-11H2,(H,18,20)/t15-/m1/s1. The van der Waals surface area contributed by atoms with E-state index in [4.69, 9.17) is 4.42 Å². The number of nitrogens with zero attached hydrogens (tertiary/aromatic N) is 1. The van der Waals surface area contributed by atoms with Gasteiger partial charge < -0.3 is 9.73 Å². The Balaban J connectivity index is 1.59. The quantitative estimate of drug-likeness (QED) is 0.865. The molecule has 0 spiro atoms. The van der Waals surface area contributed by atoms with Gasteiger partial charge in [0, 0.05) is 23.9 Å². The molecule has 23 heavy (non-hydrogen) atoms. The molecular weight excluding hydrogens is 312 g/mol. The first kappa shape index (κ1) is 16.6. The van der Waals surface area contributed by atoms with Crippen LogP contribution < -0.4 is 5.32 Å². The van der Waals surface area contributed by atoms with E-state index in [-0.39, 0.29) is 17.1 Å². The highest BCUT2D eigenvalue weighted by Gasteiger charge is 2.29. The van der Waals surface area contributed by atoms with E-state index in [9.17, 15) is 9.59 Å². The van der Waals surface area contributed by atoms with Gasteiger partial charge in [0.1, 0.15) is 0 Å². The summed E-state index contributed by atoms with van der Waals surface area (Å²) in [6.45, 7) is 1.08. The minimum atomic E-state index is -0.297. The number of thioether (sulfide) groups is 1. The Morgan fingerprint density at radius 2 is 2.13 bits per heavy atom. The van der Waals surface area contributed by atoms with E-state index < -0.39 is 0 Å². The van der Waals surface area contributed by atoms with Crippen molar-refractivity contribution >= 4 is 22.8 Å². The van der Waals surface area contributed by atoms with Gasteiger partial charge in [-0.2, -0.15) is 0 Å². The van der Waals surface area contributed by atoms with E-state index in [1.54, 1.807) is 12.5 Å². The Bertz CT molecular complexity index is 526. The van der Waals surface area contributed by atoms with Gasteiger partial charge in [0.15, 0.2) is 0 Å². The molecule has 2 heterocycles. The van der Waals surface area contributed by atoms with E-state index >= 15 is 0 Å². The molecule has 5 nitrogen and oxygen atoms in total. The number of rotatable bonds is 6. The summed E-state index contributed by atoms with van der Waals surface area (Å²) in [6.07, 6.45) is 10.2. The molecule has 6 heteroatoms. The van der Waals surface area contributed by atoms with Crippen LogP contribution >= 0.6 is 11.8 Å². The molecule has 1 aliphatic heterocycles. The molecule has 3 rings (SSSR count). The van der Waals surface area contributed by atoms with Crippen molar-refractivity contribution in [3.63, 3.8) is 0 Å². The van der Waals surface area contributed by atoms with Gasteiger partial charge >= 0.3 is 0 Å². The molecule has 1 aliphatic carbocycles. The normalized spacial score (nSPS) is 22.7. The van der Waals surface area contributed by atoms with E-state index in [1.165, 1.54) is 31.0 Å². The van der Waals surface area contributed by atoms with Gasteiger partial charge in [-0.3, -0.25) is 14.5 Å². The Labute approximate surface area is 141 Å². The third kappa shape index (κ3) is 4.61. The first-order valence-electron chi connectivity index (χ1n) is 8.43. The minimum absolute atomic E-state index is 0.0417. The second kappa shape index (κ2) is 8.02. The lowest BCUT2D eigenvalue weighted by atomic mass is 9.94. The van der Waals surface area contributed by atoms with Crippen molar-refractivity contribution in [1.29, 1.82) is 0 Å². The smallest absolute Gasteiger partial charge is 0.234 e. The molecule has 1 saturated heterocycles. The molecule has 126 valence electrons. The van der Waals surface area contributed by atoms with Crippen LogP contribution in [0.3, 0.4) is 0 Å². The number of carbonyl (C=O) groups is 2. The van der Waals surface area contributed by atoms with Crippen LogP contribution in [0.25, 0.3) is 0 Å². The molecule has 1 N–H and O–H groups in total. The monoisotopic (exact) mass is 336 g/mol. The predicted molar refractivity (Wildman–Crippen MR) is 90.0 cm³/mol. The zero-order chi connectivity index (χ0) is 16.1. The number of hydrogen-bond acceptors (Lipinski definition) is 5. The zero-order valence-electron chi connectivity index (χ0n) is 13.3. The molecule has 1 amide bonds. The van der Waals surface area contributed by atoms with Crippen molar-refractivity contribution in [3.05, 3.63) is 24.2 Å². The molecular formula is C17H24N2O3S. The summed E-state index contributed by atoms with van der Waals surface area (Å²) in [6, 6.07) is 2.10. The van der Waals surface area contributed by atoms with Crippen molar-refractivity contribution in [2.24, 2.45) is 0 Å². The molecule has 0 radical (unpaired) electrons. The molecule has 1 atom stereocenters. The lowest BCUT2D eigenvalue weighted by molar-refractivity contribution is -0.126. The third-order valence-corrected chi connectivity index (χ3v) is 5.68.